The lowest BCUT2D eigenvalue weighted by molar-refractivity contribution is 0.0950. The standard InChI is InChI=1S/C14H17NO3/c1-10(16)5-4-8-15-14(17)12-9-18-13-7-3-2-6-11(12)13/h2-3,6-7,9-10,16H,4-5,8H2,1H3,(H,15,17). The number of para-hydroxylation sites is 1. The molecule has 1 atom stereocenters. The maximum atomic E-state index is 11.9. The lowest BCUT2D eigenvalue weighted by Crippen LogP contribution is -2.24. The average Bonchev–Trinajstić information content (AvgIpc) is 2.78. The number of hydrogen-bond acceptors (Lipinski definition) is 3. The van der Waals surface area contributed by atoms with Crippen LogP contribution in [0.15, 0.2) is 34.9 Å². The number of aliphatic hydroxyl groups is 1. The van der Waals surface area contributed by atoms with Crippen LogP contribution in [0.2, 0.25) is 0 Å². The van der Waals surface area contributed by atoms with Gasteiger partial charge in [-0.05, 0) is 25.8 Å². The molecule has 0 radical (unpaired) electrons. The Bertz CT molecular complexity index is 531. The van der Waals surface area contributed by atoms with Gasteiger partial charge in [-0.25, -0.2) is 0 Å². The Kier molecular flexibility index (Phi) is 3.99. The van der Waals surface area contributed by atoms with Crippen molar-refractivity contribution in [2.45, 2.75) is 25.9 Å². The summed E-state index contributed by atoms with van der Waals surface area (Å²) in [6, 6.07) is 7.45. The number of fused-ring (bicyclic) bond motifs is 1. The van der Waals surface area contributed by atoms with E-state index in [9.17, 15) is 4.79 Å². The van der Waals surface area contributed by atoms with Gasteiger partial charge in [0.25, 0.3) is 5.91 Å². The highest BCUT2D eigenvalue weighted by Gasteiger charge is 2.12. The van der Waals surface area contributed by atoms with Crippen LogP contribution in [-0.4, -0.2) is 23.7 Å². The number of rotatable bonds is 5. The molecule has 1 heterocycles. The molecule has 0 aliphatic carbocycles. The Morgan fingerprint density at radius 2 is 2.22 bits per heavy atom. The minimum atomic E-state index is -0.323. The van der Waals surface area contributed by atoms with Crippen LogP contribution >= 0.6 is 0 Å². The van der Waals surface area contributed by atoms with E-state index in [2.05, 4.69) is 5.32 Å². The van der Waals surface area contributed by atoms with Gasteiger partial charge in [0, 0.05) is 11.9 Å². The van der Waals surface area contributed by atoms with Crippen molar-refractivity contribution in [1.82, 2.24) is 5.32 Å². The maximum Gasteiger partial charge on any atom is 0.255 e. The quantitative estimate of drug-likeness (QED) is 0.797. The number of amides is 1. The molecular weight excluding hydrogens is 230 g/mol. The first-order valence-electron chi connectivity index (χ1n) is 6.11. The predicted octanol–water partition coefficient (Wildman–Crippen LogP) is 2.32. The second kappa shape index (κ2) is 5.69. The molecule has 4 heteroatoms. The van der Waals surface area contributed by atoms with Crippen molar-refractivity contribution in [1.29, 1.82) is 0 Å². The van der Waals surface area contributed by atoms with Gasteiger partial charge in [-0.1, -0.05) is 18.2 Å². The first kappa shape index (κ1) is 12.6. The van der Waals surface area contributed by atoms with E-state index in [1.54, 1.807) is 6.92 Å². The lowest BCUT2D eigenvalue weighted by atomic mass is 10.1. The van der Waals surface area contributed by atoms with Crippen molar-refractivity contribution in [3.05, 3.63) is 36.1 Å². The van der Waals surface area contributed by atoms with Crippen LogP contribution in [0, 0.1) is 0 Å². The molecule has 1 aromatic carbocycles. The molecule has 2 aromatic rings. The number of carbonyl (C=O) groups is 1. The van der Waals surface area contributed by atoms with Gasteiger partial charge in [0.1, 0.15) is 11.8 Å². The summed E-state index contributed by atoms with van der Waals surface area (Å²) in [5.74, 6) is -0.134. The molecule has 4 nitrogen and oxygen atoms in total. The summed E-state index contributed by atoms with van der Waals surface area (Å²) in [7, 11) is 0. The van der Waals surface area contributed by atoms with Gasteiger partial charge in [0.2, 0.25) is 0 Å². The number of nitrogens with one attached hydrogen (secondary N) is 1. The largest absolute Gasteiger partial charge is 0.463 e. The third kappa shape index (κ3) is 2.90. The third-order valence-corrected chi connectivity index (χ3v) is 2.81. The topological polar surface area (TPSA) is 62.5 Å². The van der Waals surface area contributed by atoms with Crippen LogP contribution in [0.5, 0.6) is 0 Å². The van der Waals surface area contributed by atoms with Gasteiger partial charge in [-0.3, -0.25) is 4.79 Å². The zero-order valence-corrected chi connectivity index (χ0v) is 10.3. The number of aliphatic hydroxyl groups excluding tert-OH is 1. The van der Waals surface area contributed by atoms with Crippen LogP contribution in [0.25, 0.3) is 11.0 Å². The highest BCUT2D eigenvalue weighted by atomic mass is 16.3. The number of furan rings is 1. The molecule has 96 valence electrons. The SMILES string of the molecule is CC(O)CCCNC(=O)c1coc2ccccc12. The van der Waals surface area contributed by atoms with E-state index in [1.165, 1.54) is 6.26 Å². The first-order valence-corrected chi connectivity index (χ1v) is 6.11. The molecular formula is C14H17NO3. The fraction of sp³-hybridized carbons (Fsp3) is 0.357. The van der Waals surface area contributed by atoms with Crippen molar-refractivity contribution in [3.8, 4) is 0 Å². The Morgan fingerprint density at radius 3 is 3.00 bits per heavy atom. The zero-order valence-electron chi connectivity index (χ0n) is 10.3. The van der Waals surface area contributed by atoms with Crippen LogP contribution in [0.3, 0.4) is 0 Å². The van der Waals surface area contributed by atoms with E-state index in [1.807, 2.05) is 24.3 Å². The minimum Gasteiger partial charge on any atom is -0.463 e. The van der Waals surface area contributed by atoms with Gasteiger partial charge in [-0.15, -0.1) is 0 Å². The zero-order chi connectivity index (χ0) is 13.0. The van der Waals surface area contributed by atoms with Crippen molar-refractivity contribution in [2.24, 2.45) is 0 Å². The van der Waals surface area contributed by atoms with Gasteiger partial charge in [-0.2, -0.15) is 0 Å². The molecule has 18 heavy (non-hydrogen) atoms. The Balaban J connectivity index is 1.97. The summed E-state index contributed by atoms with van der Waals surface area (Å²) in [5, 5.41) is 12.8. The van der Waals surface area contributed by atoms with E-state index in [4.69, 9.17) is 9.52 Å². The minimum absolute atomic E-state index is 0.134. The smallest absolute Gasteiger partial charge is 0.255 e. The van der Waals surface area contributed by atoms with Gasteiger partial charge >= 0.3 is 0 Å². The molecule has 2 rings (SSSR count). The van der Waals surface area contributed by atoms with Gasteiger partial charge in [0.05, 0.1) is 11.7 Å². The highest BCUT2D eigenvalue weighted by Crippen LogP contribution is 2.20. The molecule has 0 saturated carbocycles. The maximum absolute atomic E-state index is 11.9. The Hall–Kier alpha value is -1.81. The van der Waals surface area contributed by atoms with Crippen LogP contribution in [0.1, 0.15) is 30.1 Å². The molecule has 0 bridgehead atoms. The van der Waals surface area contributed by atoms with Crippen molar-refractivity contribution in [3.63, 3.8) is 0 Å². The van der Waals surface area contributed by atoms with E-state index < -0.39 is 0 Å². The fourth-order valence-electron chi connectivity index (χ4n) is 1.85. The normalized spacial score (nSPS) is 12.6. The van der Waals surface area contributed by atoms with Crippen molar-refractivity contribution >= 4 is 16.9 Å². The van der Waals surface area contributed by atoms with E-state index in [-0.39, 0.29) is 12.0 Å². The number of hydrogen-bond donors (Lipinski definition) is 2. The molecule has 0 spiro atoms. The Morgan fingerprint density at radius 1 is 1.44 bits per heavy atom. The van der Waals surface area contributed by atoms with Crippen molar-refractivity contribution in [2.75, 3.05) is 6.54 Å². The average molecular weight is 247 g/mol. The third-order valence-electron chi connectivity index (χ3n) is 2.81. The summed E-state index contributed by atoms with van der Waals surface area (Å²) in [5.41, 5.74) is 1.27. The van der Waals surface area contributed by atoms with E-state index in [0.717, 1.165) is 11.8 Å². The molecule has 0 saturated heterocycles. The molecule has 2 N–H and O–H groups in total. The summed E-state index contributed by atoms with van der Waals surface area (Å²) >= 11 is 0. The number of benzene rings is 1. The monoisotopic (exact) mass is 247 g/mol. The molecule has 1 amide bonds. The summed E-state index contributed by atoms with van der Waals surface area (Å²) < 4.78 is 5.31. The van der Waals surface area contributed by atoms with E-state index >= 15 is 0 Å². The second-order valence-electron chi connectivity index (χ2n) is 4.39. The molecule has 1 unspecified atom stereocenters. The summed E-state index contributed by atoms with van der Waals surface area (Å²) in [6.07, 6.45) is 2.61. The summed E-state index contributed by atoms with van der Waals surface area (Å²) in [6.45, 7) is 2.30. The van der Waals surface area contributed by atoms with Crippen LogP contribution in [-0.2, 0) is 0 Å². The van der Waals surface area contributed by atoms with Crippen LogP contribution < -0.4 is 5.32 Å². The second-order valence-corrected chi connectivity index (χ2v) is 4.39. The predicted molar refractivity (Wildman–Crippen MR) is 69.5 cm³/mol. The van der Waals surface area contributed by atoms with Gasteiger partial charge < -0.3 is 14.8 Å². The molecule has 0 aliphatic rings. The number of carbonyl (C=O) groups excluding carboxylic acids is 1. The van der Waals surface area contributed by atoms with Gasteiger partial charge in [0.15, 0.2) is 0 Å². The molecule has 0 aliphatic heterocycles. The van der Waals surface area contributed by atoms with Crippen molar-refractivity contribution < 1.29 is 14.3 Å². The molecule has 0 fully saturated rings. The molecule has 1 aromatic heterocycles. The fourth-order valence-corrected chi connectivity index (χ4v) is 1.85. The highest BCUT2D eigenvalue weighted by molar-refractivity contribution is 6.05. The van der Waals surface area contributed by atoms with Crippen LogP contribution in [0.4, 0.5) is 0 Å². The lowest BCUT2D eigenvalue weighted by Gasteiger charge is -2.05. The first-order chi connectivity index (χ1) is 8.68. The van der Waals surface area contributed by atoms with E-state index in [0.29, 0.717) is 24.1 Å². The Labute approximate surface area is 106 Å². The summed E-state index contributed by atoms with van der Waals surface area (Å²) in [4.78, 5) is 11.9.